The molecule has 2 aromatic rings. The van der Waals surface area contributed by atoms with Crippen molar-refractivity contribution < 1.29 is 9.53 Å². The molecule has 0 N–H and O–H groups in total. The third-order valence-electron chi connectivity index (χ3n) is 2.99. The SMILES string of the molecule is [CH3][Sn]([CH3])([CH3])[c]1ccc(Oc2ccccc2C=O)cc1. The maximum absolute atomic E-state index is 10.9. The van der Waals surface area contributed by atoms with Gasteiger partial charge in [-0.2, -0.15) is 0 Å². The molecule has 0 aliphatic carbocycles. The van der Waals surface area contributed by atoms with Gasteiger partial charge in [-0.25, -0.2) is 0 Å². The quantitative estimate of drug-likeness (QED) is 0.611. The van der Waals surface area contributed by atoms with Crippen LogP contribution in [0.1, 0.15) is 10.4 Å². The van der Waals surface area contributed by atoms with Gasteiger partial charge >= 0.3 is 118 Å². The summed E-state index contributed by atoms with van der Waals surface area (Å²) in [6.07, 6.45) is 0.815. The summed E-state index contributed by atoms with van der Waals surface area (Å²) in [6.45, 7) is 0. The van der Waals surface area contributed by atoms with E-state index in [2.05, 4.69) is 27.0 Å². The first-order chi connectivity index (χ1) is 9.00. The van der Waals surface area contributed by atoms with Gasteiger partial charge in [0.25, 0.3) is 0 Å². The second-order valence-electron chi connectivity index (χ2n) is 5.53. The minimum atomic E-state index is -2.00. The van der Waals surface area contributed by atoms with Crippen LogP contribution in [0.4, 0.5) is 0 Å². The normalized spacial score (nSPS) is 11.1. The number of para-hydroxylation sites is 1. The van der Waals surface area contributed by atoms with Crippen molar-refractivity contribution in [3.05, 3.63) is 54.1 Å². The van der Waals surface area contributed by atoms with Crippen molar-refractivity contribution in [1.82, 2.24) is 0 Å². The van der Waals surface area contributed by atoms with Crippen LogP contribution in [0.2, 0.25) is 14.8 Å². The summed E-state index contributed by atoms with van der Waals surface area (Å²) in [4.78, 5) is 18.1. The van der Waals surface area contributed by atoms with Crippen molar-refractivity contribution in [3.63, 3.8) is 0 Å². The van der Waals surface area contributed by atoms with E-state index in [1.54, 1.807) is 12.1 Å². The number of carbonyl (C=O) groups excluding carboxylic acids is 1. The predicted octanol–water partition coefficient (Wildman–Crippen LogP) is 3.84. The third-order valence-corrected chi connectivity index (χ3v) is 8.89. The van der Waals surface area contributed by atoms with Crippen molar-refractivity contribution in [1.29, 1.82) is 0 Å². The summed E-state index contributed by atoms with van der Waals surface area (Å²) in [5, 5.41) is 0. The zero-order valence-corrected chi connectivity index (χ0v) is 14.4. The van der Waals surface area contributed by atoms with E-state index in [1.807, 2.05) is 24.3 Å². The Kier molecular flexibility index (Phi) is 4.30. The molecule has 0 amide bonds. The van der Waals surface area contributed by atoms with Gasteiger partial charge in [-0.1, -0.05) is 0 Å². The van der Waals surface area contributed by atoms with Crippen molar-refractivity contribution >= 4 is 28.2 Å². The van der Waals surface area contributed by atoms with Crippen molar-refractivity contribution in [2.24, 2.45) is 0 Å². The average Bonchev–Trinajstić information content (AvgIpc) is 2.39. The zero-order valence-electron chi connectivity index (χ0n) is 11.5. The van der Waals surface area contributed by atoms with E-state index in [-0.39, 0.29) is 0 Å². The first kappa shape index (κ1) is 14.1. The number of hydrogen-bond donors (Lipinski definition) is 0. The average molecular weight is 361 g/mol. The van der Waals surface area contributed by atoms with E-state index in [9.17, 15) is 4.79 Å². The molecular formula is C16H18O2Sn. The fourth-order valence-corrected chi connectivity index (χ4v) is 5.15. The first-order valence-corrected chi connectivity index (χ1v) is 16.3. The Morgan fingerprint density at radius 3 is 2.16 bits per heavy atom. The van der Waals surface area contributed by atoms with Gasteiger partial charge in [-0.15, -0.1) is 0 Å². The first-order valence-electron chi connectivity index (χ1n) is 6.33. The zero-order chi connectivity index (χ0) is 13.9. The molecule has 2 aromatic carbocycles. The summed E-state index contributed by atoms with van der Waals surface area (Å²) in [6, 6.07) is 15.5. The van der Waals surface area contributed by atoms with E-state index in [4.69, 9.17) is 4.74 Å². The molecule has 0 aliphatic heterocycles. The minimum absolute atomic E-state index is 0.571. The van der Waals surface area contributed by atoms with Crippen LogP contribution in [-0.2, 0) is 0 Å². The summed E-state index contributed by atoms with van der Waals surface area (Å²) in [5.41, 5.74) is 0.571. The molecule has 19 heavy (non-hydrogen) atoms. The molecule has 3 heteroatoms. The van der Waals surface area contributed by atoms with Crippen molar-refractivity contribution in [2.45, 2.75) is 14.8 Å². The molecule has 0 bridgehead atoms. The standard InChI is InChI=1S/C13H9O2.3CH3.Sn/c14-10-11-6-4-5-9-13(11)15-12-7-2-1-3-8-12;;;;/h2-10H;3*1H3;. The molecule has 0 atom stereocenters. The van der Waals surface area contributed by atoms with Gasteiger partial charge in [-0.3, -0.25) is 0 Å². The Labute approximate surface area is 118 Å². The van der Waals surface area contributed by atoms with Gasteiger partial charge in [0, 0.05) is 0 Å². The molecule has 0 heterocycles. The van der Waals surface area contributed by atoms with Crippen LogP contribution < -0.4 is 8.32 Å². The molecule has 2 nitrogen and oxygen atoms in total. The molecule has 0 saturated heterocycles. The van der Waals surface area contributed by atoms with Gasteiger partial charge in [0.05, 0.1) is 0 Å². The summed E-state index contributed by atoms with van der Waals surface area (Å²) in [5.74, 6) is 1.37. The van der Waals surface area contributed by atoms with Crippen molar-refractivity contribution in [2.75, 3.05) is 0 Å². The van der Waals surface area contributed by atoms with E-state index in [0.717, 1.165) is 12.0 Å². The molecule has 0 fully saturated rings. The Bertz CT molecular complexity index is 568. The fourth-order valence-electron chi connectivity index (χ4n) is 1.82. The van der Waals surface area contributed by atoms with E-state index < -0.39 is 18.4 Å². The maximum atomic E-state index is 10.9. The van der Waals surface area contributed by atoms with Gasteiger partial charge in [0.1, 0.15) is 0 Å². The van der Waals surface area contributed by atoms with Crippen LogP contribution in [0, 0.1) is 0 Å². The van der Waals surface area contributed by atoms with Crippen LogP contribution in [0.5, 0.6) is 11.5 Å². The Morgan fingerprint density at radius 1 is 0.947 bits per heavy atom. The van der Waals surface area contributed by atoms with Gasteiger partial charge in [-0.05, 0) is 0 Å². The number of ether oxygens (including phenoxy) is 1. The Hall–Kier alpha value is -1.29. The van der Waals surface area contributed by atoms with Crippen molar-refractivity contribution in [3.8, 4) is 11.5 Å². The molecular weight excluding hydrogens is 343 g/mol. The van der Waals surface area contributed by atoms with Gasteiger partial charge < -0.3 is 0 Å². The second kappa shape index (κ2) is 5.78. The number of aldehydes is 1. The summed E-state index contributed by atoms with van der Waals surface area (Å²) < 4.78 is 7.22. The molecule has 2 rings (SSSR count). The van der Waals surface area contributed by atoms with Crippen LogP contribution in [0.3, 0.4) is 0 Å². The Morgan fingerprint density at radius 2 is 1.58 bits per heavy atom. The summed E-state index contributed by atoms with van der Waals surface area (Å²) in [7, 11) is 0. The van der Waals surface area contributed by atoms with E-state index in [1.165, 1.54) is 3.58 Å². The predicted molar refractivity (Wildman–Crippen MR) is 81.3 cm³/mol. The molecule has 0 aliphatic rings. The molecule has 0 unspecified atom stereocenters. The monoisotopic (exact) mass is 362 g/mol. The van der Waals surface area contributed by atoms with Gasteiger partial charge in [0.2, 0.25) is 0 Å². The van der Waals surface area contributed by atoms with E-state index >= 15 is 0 Å². The molecule has 0 aromatic heterocycles. The van der Waals surface area contributed by atoms with E-state index in [0.29, 0.717) is 11.3 Å². The molecule has 0 spiro atoms. The number of carbonyl (C=O) groups is 1. The topological polar surface area (TPSA) is 26.3 Å². The molecule has 0 saturated carbocycles. The fraction of sp³-hybridized carbons (Fsp3) is 0.188. The van der Waals surface area contributed by atoms with Crippen LogP contribution >= 0.6 is 0 Å². The van der Waals surface area contributed by atoms with Crippen LogP contribution in [-0.4, -0.2) is 24.7 Å². The summed E-state index contributed by atoms with van der Waals surface area (Å²) >= 11 is -2.00. The number of benzene rings is 2. The van der Waals surface area contributed by atoms with Gasteiger partial charge in [0.15, 0.2) is 0 Å². The molecule has 0 radical (unpaired) electrons. The Balaban J connectivity index is 2.22. The number of rotatable bonds is 4. The number of hydrogen-bond acceptors (Lipinski definition) is 2. The third kappa shape index (κ3) is 3.60. The second-order valence-corrected chi connectivity index (χ2v) is 20.0. The molecule has 98 valence electrons. The van der Waals surface area contributed by atoms with Crippen LogP contribution in [0.25, 0.3) is 0 Å². The van der Waals surface area contributed by atoms with Crippen LogP contribution in [0.15, 0.2) is 48.5 Å².